The quantitative estimate of drug-likeness (QED) is 0.930. The van der Waals surface area contributed by atoms with Gasteiger partial charge in [0.2, 0.25) is 0 Å². The summed E-state index contributed by atoms with van der Waals surface area (Å²) in [6, 6.07) is 6.22. The molecule has 3 rings (SSSR count). The summed E-state index contributed by atoms with van der Waals surface area (Å²) in [6.45, 7) is 4.26. The van der Waals surface area contributed by atoms with Gasteiger partial charge in [0.05, 0.1) is 11.3 Å². The fourth-order valence-corrected chi connectivity index (χ4v) is 4.14. The molecule has 1 aliphatic rings. The van der Waals surface area contributed by atoms with Gasteiger partial charge in [-0.15, -0.1) is 0 Å². The molecule has 0 atom stereocenters. The van der Waals surface area contributed by atoms with Gasteiger partial charge in [-0.3, -0.25) is 4.31 Å². The van der Waals surface area contributed by atoms with E-state index in [9.17, 15) is 13.2 Å². The predicted octanol–water partition coefficient (Wildman–Crippen LogP) is 2.15. The molecule has 0 radical (unpaired) electrons. The number of anilines is 1. The number of aromatic carboxylic acids is 1. The van der Waals surface area contributed by atoms with Crippen molar-refractivity contribution in [3.63, 3.8) is 0 Å². The van der Waals surface area contributed by atoms with E-state index in [1.54, 1.807) is 0 Å². The Kier molecular flexibility index (Phi) is 3.60. The van der Waals surface area contributed by atoms with Crippen LogP contribution in [-0.4, -0.2) is 31.0 Å². The number of nitrogens with zero attached hydrogens (tertiary/aromatic N) is 2. The first-order chi connectivity index (χ1) is 10.8. The second kappa shape index (κ2) is 5.34. The number of carboxylic acids is 1. The SMILES string of the molecule is Cc1cc2c(cc1C)N(S(=O)(=O)c1cc(C(=O)O)ccn1)CC2. The molecular formula is C16H16N2O4S. The monoisotopic (exact) mass is 332 g/mol. The van der Waals surface area contributed by atoms with Gasteiger partial charge >= 0.3 is 5.97 Å². The van der Waals surface area contributed by atoms with E-state index < -0.39 is 16.0 Å². The van der Waals surface area contributed by atoms with Crippen LogP contribution in [-0.2, 0) is 16.4 Å². The second-order valence-electron chi connectivity index (χ2n) is 5.58. The summed E-state index contributed by atoms with van der Waals surface area (Å²) in [6.07, 6.45) is 1.84. The zero-order chi connectivity index (χ0) is 16.8. The van der Waals surface area contributed by atoms with Gasteiger partial charge < -0.3 is 5.11 Å². The predicted molar refractivity (Wildman–Crippen MR) is 85.3 cm³/mol. The van der Waals surface area contributed by atoms with Crippen LogP contribution in [0.1, 0.15) is 27.0 Å². The smallest absolute Gasteiger partial charge is 0.335 e. The molecule has 6 nitrogen and oxygen atoms in total. The lowest BCUT2D eigenvalue weighted by molar-refractivity contribution is 0.0696. The Hall–Kier alpha value is -2.41. The van der Waals surface area contributed by atoms with E-state index in [1.807, 2.05) is 26.0 Å². The van der Waals surface area contributed by atoms with Gasteiger partial charge in [0, 0.05) is 12.7 Å². The number of aryl methyl sites for hydroxylation is 2. The molecule has 0 aliphatic carbocycles. The molecule has 23 heavy (non-hydrogen) atoms. The lowest BCUT2D eigenvalue weighted by Gasteiger charge is -2.19. The van der Waals surface area contributed by atoms with E-state index in [4.69, 9.17) is 5.11 Å². The van der Waals surface area contributed by atoms with Crippen molar-refractivity contribution in [2.24, 2.45) is 0 Å². The Bertz CT molecular complexity index is 906. The Morgan fingerprint density at radius 2 is 1.91 bits per heavy atom. The fraction of sp³-hybridized carbons (Fsp3) is 0.250. The highest BCUT2D eigenvalue weighted by Crippen LogP contribution is 2.34. The van der Waals surface area contributed by atoms with Crippen LogP contribution in [0.4, 0.5) is 5.69 Å². The van der Waals surface area contributed by atoms with Gasteiger partial charge in [-0.25, -0.2) is 9.78 Å². The van der Waals surface area contributed by atoms with Gasteiger partial charge in [0.1, 0.15) is 0 Å². The minimum absolute atomic E-state index is 0.0990. The minimum Gasteiger partial charge on any atom is -0.478 e. The molecule has 2 heterocycles. The summed E-state index contributed by atoms with van der Waals surface area (Å²) in [4.78, 5) is 14.9. The maximum Gasteiger partial charge on any atom is 0.335 e. The van der Waals surface area contributed by atoms with Crippen molar-refractivity contribution in [2.45, 2.75) is 25.3 Å². The van der Waals surface area contributed by atoms with Gasteiger partial charge in [0.25, 0.3) is 10.0 Å². The van der Waals surface area contributed by atoms with Crippen LogP contribution >= 0.6 is 0 Å². The first-order valence-electron chi connectivity index (χ1n) is 7.13. The van der Waals surface area contributed by atoms with E-state index in [-0.39, 0.29) is 10.6 Å². The van der Waals surface area contributed by atoms with Crippen LogP contribution in [0.5, 0.6) is 0 Å². The number of sulfonamides is 1. The van der Waals surface area contributed by atoms with Crippen molar-refractivity contribution in [3.05, 3.63) is 52.7 Å². The molecule has 1 aliphatic heterocycles. The molecule has 120 valence electrons. The summed E-state index contributed by atoms with van der Waals surface area (Å²) in [7, 11) is -3.88. The first kappa shape index (κ1) is 15.5. The molecule has 2 aromatic rings. The normalized spacial score (nSPS) is 13.9. The number of fused-ring (bicyclic) bond motifs is 1. The number of hydrogen-bond donors (Lipinski definition) is 1. The van der Waals surface area contributed by atoms with Crippen LogP contribution in [0, 0.1) is 13.8 Å². The number of aromatic nitrogens is 1. The lowest BCUT2D eigenvalue weighted by Crippen LogP contribution is -2.30. The summed E-state index contributed by atoms with van der Waals surface area (Å²) in [5.41, 5.74) is 3.66. The standard InChI is InChI=1S/C16H16N2O4S/c1-10-7-12-4-6-18(14(12)8-11(10)2)23(21,22)15-9-13(16(19)20)3-5-17-15/h3,5,7-9H,4,6H2,1-2H3,(H,19,20). The van der Waals surface area contributed by atoms with Crippen molar-refractivity contribution in [1.82, 2.24) is 4.98 Å². The Morgan fingerprint density at radius 3 is 2.61 bits per heavy atom. The first-order valence-corrected chi connectivity index (χ1v) is 8.57. The number of rotatable bonds is 3. The molecule has 0 spiro atoms. The molecule has 1 aromatic carbocycles. The molecule has 0 saturated heterocycles. The minimum atomic E-state index is -3.88. The van der Waals surface area contributed by atoms with Crippen LogP contribution in [0.3, 0.4) is 0 Å². The summed E-state index contributed by atoms with van der Waals surface area (Å²) in [5.74, 6) is -1.18. The maximum absolute atomic E-state index is 12.8. The number of carboxylic acid groups (broad SMARTS) is 1. The molecular weight excluding hydrogens is 316 g/mol. The molecule has 7 heteroatoms. The Labute approximate surface area is 134 Å². The third kappa shape index (κ3) is 2.57. The number of pyridine rings is 1. The van der Waals surface area contributed by atoms with Crippen molar-refractivity contribution >= 4 is 21.7 Å². The molecule has 1 aromatic heterocycles. The second-order valence-corrected chi connectivity index (χ2v) is 7.39. The average Bonchev–Trinajstić information content (AvgIpc) is 2.91. The van der Waals surface area contributed by atoms with Crippen LogP contribution in [0.25, 0.3) is 0 Å². The van der Waals surface area contributed by atoms with Crippen molar-refractivity contribution in [1.29, 1.82) is 0 Å². The molecule has 0 fully saturated rings. The lowest BCUT2D eigenvalue weighted by atomic mass is 10.0. The molecule has 0 unspecified atom stereocenters. The van der Waals surface area contributed by atoms with E-state index >= 15 is 0 Å². The van der Waals surface area contributed by atoms with Crippen LogP contribution < -0.4 is 4.31 Å². The Morgan fingerprint density at radius 1 is 1.22 bits per heavy atom. The molecule has 0 bridgehead atoms. The van der Waals surface area contributed by atoms with Crippen molar-refractivity contribution in [3.8, 4) is 0 Å². The van der Waals surface area contributed by atoms with Crippen molar-refractivity contribution in [2.75, 3.05) is 10.8 Å². The van der Waals surface area contributed by atoms with Gasteiger partial charge in [0.15, 0.2) is 5.03 Å². The number of hydrogen-bond acceptors (Lipinski definition) is 4. The van der Waals surface area contributed by atoms with Gasteiger partial charge in [-0.05, 0) is 55.2 Å². The van der Waals surface area contributed by atoms with Crippen LogP contribution in [0.2, 0.25) is 0 Å². The summed E-state index contributed by atoms with van der Waals surface area (Å²) < 4.78 is 27.0. The highest BCUT2D eigenvalue weighted by molar-refractivity contribution is 7.92. The van der Waals surface area contributed by atoms with E-state index in [0.29, 0.717) is 18.7 Å². The topological polar surface area (TPSA) is 87.6 Å². The highest BCUT2D eigenvalue weighted by Gasteiger charge is 2.32. The number of carbonyl (C=O) groups is 1. The molecule has 0 saturated carbocycles. The maximum atomic E-state index is 12.8. The summed E-state index contributed by atoms with van der Waals surface area (Å²) >= 11 is 0. The van der Waals surface area contributed by atoms with E-state index in [2.05, 4.69) is 4.98 Å². The fourth-order valence-electron chi connectivity index (χ4n) is 2.68. The third-order valence-corrected chi connectivity index (χ3v) is 5.80. The van der Waals surface area contributed by atoms with Gasteiger partial charge in [-0.1, -0.05) is 6.07 Å². The average molecular weight is 332 g/mol. The van der Waals surface area contributed by atoms with Crippen molar-refractivity contribution < 1.29 is 18.3 Å². The largest absolute Gasteiger partial charge is 0.478 e. The number of benzene rings is 1. The summed E-state index contributed by atoms with van der Waals surface area (Å²) in [5, 5.41) is 8.78. The zero-order valence-corrected chi connectivity index (χ0v) is 13.6. The highest BCUT2D eigenvalue weighted by atomic mass is 32.2. The van der Waals surface area contributed by atoms with Gasteiger partial charge in [-0.2, -0.15) is 8.42 Å². The van der Waals surface area contributed by atoms with E-state index in [1.165, 1.54) is 16.6 Å². The van der Waals surface area contributed by atoms with Crippen LogP contribution in [0.15, 0.2) is 35.5 Å². The zero-order valence-electron chi connectivity index (χ0n) is 12.8. The molecule has 1 N–H and O–H groups in total. The Balaban J connectivity index is 2.08. The van der Waals surface area contributed by atoms with E-state index in [0.717, 1.165) is 22.8 Å². The molecule has 0 amide bonds. The third-order valence-electron chi connectivity index (χ3n) is 4.08.